The maximum atomic E-state index is 5.58. The van der Waals surface area contributed by atoms with Crippen molar-refractivity contribution in [2.75, 3.05) is 0 Å². The average Bonchev–Trinajstić information content (AvgIpc) is 2.84. The van der Waals surface area contributed by atoms with Crippen LogP contribution in [-0.2, 0) is 17.9 Å². The fraction of sp³-hybridized carbons (Fsp3) is 0.429. The molecule has 2 aromatic rings. The van der Waals surface area contributed by atoms with Crippen molar-refractivity contribution in [1.82, 2.24) is 10.2 Å². The Kier molecular flexibility index (Phi) is 4.10. The molecule has 19 heavy (non-hydrogen) atoms. The summed E-state index contributed by atoms with van der Waals surface area (Å²) in [6, 6.07) is 8.01. The lowest BCUT2D eigenvalue weighted by atomic mass is 9.87. The zero-order valence-corrected chi connectivity index (χ0v) is 12.1. The summed E-state index contributed by atoms with van der Waals surface area (Å²) in [5.41, 5.74) is 1.40. The molecular formula is C14H17ClN2O2. The molecule has 0 atom stereocenters. The lowest BCUT2D eigenvalue weighted by molar-refractivity contribution is 0.260. The fourth-order valence-corrected chi connectivity index (χ4v) is 1.70. The Morgan fingerprint density at radius 1 is 1.11 bits per heavy atom. The highest BCUT2D eigenvalue weighted by molar-refractivity contribution is 6.16. The molecule has 0 radical (unpaired) electrons. The average molecular weight is 281 g/mol. The number of aromatic nitrogens is 2. The van der Waals surface area contributed by atoms with Crippen molar-refractivity contribution in [3.8, 4) is 5.75 Å². The number of halogens is 1. The number of benzene rings is 1. The fourth-order valence-electron chi connectivity index (χ4n) is 1.60. The smallest absolute Gasteiger partial charge is 0.253 e. The predicted octanol–water partition coefficient (Wildman–Crippen LogP) is 3.68. The van der Waals surface area contributed by atoms with Gasteiger partial charge in [-0.1, -0.05) is 32.9 Å². The zero-order chi connectivity index (χ0) is 13.9. The minimum atomic E-state index is 0.139. The summed E-state index contributed by atoms with van der Waals surface area (Å²) in [6.07, 6.45) is 0. The van der Waals surface area contributed by atoms with E-state index in [4.69, 9.17) is 20.8 Å². The third-order valence-electron chi connectivity index (χ3n) is 2.71. The summed E-state index contributed by atoms with van der Waals surface area (Å²) in [4.78, 5) is 0. The molecule has 0 aliphatic heterocycles. The van der Waals surface area contributed by atoms with E-state index in [1.54, 1.807) is 0 Å². The number of hydrogen-bond donors (Lipinski definition) is 0. The van der Waals surface area contributed by atoms with Crippen molar-refractivity contribution >= 4 is 11.6 Å². The molecule has 0 unspecified atom stereocenters. The highest BCUT2D eigenvalue weighted by atomic mass is 35.5. The van der Waals surface area contributed by atoms with Crippen LogP contribution >= 0.6 is 11.6 Å². The maximum Gasteiger partial charge on any atom is 0.253 e. The van der Waals surface area contributed by atoms with Gasteiger partial charge in [-0.05, 0) is 23.1 Å². The third-order valence-corrected chi connectivity index (χ3v) is 2.93. The SMILES string of the molecule is CC(C)(C)c1ccc(OCc2nnc(CCl)o2)cc1. The number of hydrogen-bond acceptors (Lipinski definition) is 4. The largest absolute Gasteiger partial charge is 0.484 e. The van der Waals surface area contributed by atoms with Crippen molar-refractivity contribution in [3.63, 3.8) is 0 Å². The van der Waals surface area contributed by atoms with Crippen molar-refractivity contribution in [1.29, 1.82) is 0 Å². The first kappa shape index (κ1) is 13.9. The molecule has 1 aromatic carbocycles. The van der Waals surface area contributed by atoms with E-state index in [1.165, 1.54) is 5.56 Å². The van der Waals surface area contributed by atoms with E-state index >= 15 is 0 Å². The van der Waals surface area contributed by atoms with Gasteiger partial charge in [0.15, 0.2) is 6.61 Å². The summed E-state index contributed by atoms with van der Waals surface area (Å²) >= 11 is 5.58. The molecule has 1 heterocycles. The zero-order valence-electron chi connectivity index (χ0n) is 11.3. The van der Waals surface area contributed by atoms with Crippen LogP contribution in [-0.4, -0.2) is 10.2 Å². The molecule has 4 nitrogen and oxygen atoms in total. The number of rotatable bonds is 4. The van der Waals surface area contributed by atoms with Crippen LogP contribution < -0.4 is 4.74 Å². The second-order valence-electron chi connectivity index (χ2n) is 5.29. The Morgan fingerprint density at radius 2 is 1.74 bits per heavy atom. The molecule has 102 valence electrons. The lowest BCUT2D eigenvalue weighted by Gasteiger charge is -2.19. The predicted molar refractivity (Wildman–Crippen MR) is 73.3 cm³/mol. The minimum Gasteiger partial charge on any atom is -0.484 e. The first-order valence-corrected chi connectivity index (χ1v) is 6.63. The second kappa shape index (κ2) is 5.61. The molecule has 0 aliphatic carbocycles. The molecule has 1 aromatic heterocycles. The topological polar surface area (TPSA) is 48.2 Å². The van der Waals surface area contributed by atoms with Crippen molar-refractivity contribution < 1.29 is 9.15 Å². The number of ether oxygens (including phenoxy) is 1. The Balaban J connectivity index is 1.96. The van der Waals surface area contributed by atoms with E-state index in [0.29, 0.717) is 11.8 Å². The summed E-state index contributed by atoms with van der Waals surface area (Å²) in [5, 5.41) is 7.60. The van der Waals surface area contributed by atoms with Crippen LogP contribution in [0.5, 0.6) is 5.75 Å². The Hall–Kier alpha value is -1.55. The molecule has 0 bridgehead atoms. The highest BCUT2D eigenvalue weighted by Gasteiger charge is 2.13. The van der Waals surface area contributed by atoms with Gasteiger partial charge in [-0.3, -0.25) is 0 Å². The standard InChI is InChI=1S/C14H17ClN2O2/c1-14(2,3)10-4-6-11(7-5-10)18-9-13-17-16-12(8-15)19-13/h4-7H,8-9H2,1-3H3. The van der Waals surface area contributed by atoms with Gasteiger partial charge in [0.1, 0.15) is 11.6 Å². The van der Waals surface area contributed by atoms with E-state index in [0.717, 1.165) is 5.75 Å². The molecule has 0 N–H and O–H groups in total. The summed E-state index contributed by atoms with van der Waals surface area (Å²) in [5.74, 6) is 1.82. The molecule has 0 fully saturated rings. The highest BCUT2D eigenvalue weighted by Crippen LogP contribution is 2.24. The van der Waals surface area contributed by atoms with Gasteiger partial charge in [-0.15, -0.1) is 21.8 Å². The molecule has 0 saturated carbocycles. The van der Waals surface area contributed by atoms with Crippen LogP contribution in [0.1, 0.15) is 38.1 Å². The van der Waals surface area contributed by atoms with E-state index in [9.17, 15) is 0 Å². The van der Waals surface area contributed by atoms with Crippen LogP contribution in [0.25, 0.3) is 0 Å². The maximum absolute atomic E-state index is 5.58. The van der Waals surface area contributed by atoms with Crippen LogP contribution in [0.3, 0.4) is 0 Å². The summed E-state index contributed by atoms with van der Waals surface area (Å²) in [6.45, 7) is 6.78. The van der Waals surface area contributed by atoms with Crippen LogP contribution in [0.2, 0.25) is 0 Å². The van der Waals surface area contributed by atoms with Crippen molar-refractivity contribution in [2.24, 2.45) is 0 Å². The molecule has 0 saturated heterocycles. The van der Waals surface area contributed by atoms with Gasteiger partial charge < -0.3 is 9.15 Å². The summed E-state index contributed by atoms with van der Waals surface area (Å²) in [7, 11) is 0. The first-order chi connectivity index (χ1) is 8.99. The van der Waals surface area contributed by atoms with Crippen LogP contribution in [0.15, 0.2) is 28.7 Å². The second-order valence-corrected chi connectivity index (χ2v) is 5.55. The third kappa shape index (κ3) is 3.70. The Morgan fingerprint density at radius 3 is 2.26 bits per heavy atom. The van der Waals surface area contributed by atoms with Crippen LogP contribution in [0.4, 0.5) is 0 Å². The quantitative estimate of drug-likeness (QED) is 0.802. The number of nitrogens with zero attached hydrogens (tertiary/aromatic N) is 2. The molecule has 5 heteroatoms. The molecule has 0 aliphatic rings. The van der Waals surface area contributed by atoms with E-state index in [2.05, 4.69) is 43.1 Å². The van der Waals surface area contributed by atoms with Crippen molar-refractivity contribution in [2.45, 2.75) is 38.7 Å². The summed E-state index contributed by atoms with van der Waals surface area (Å²) < 4.78 is 10.8. The van der Waals surface area contributed by atoms with E-state index < -0.39 is 0 Å². The van der Waals surface area contributed by atoms with E-state index in [1.807, 2.05) is 12.1 Å². The molecule has 0 spiro atoms. The van der Waals surface area contributed by atoms with Gasteiger partial charge in [-0.2, -0.15) is 0 Å². The Labute approximate surface area is 117 Å². The minimum absolute atomic E-state index is 0.139. The van der Waals surface area contributed by atoms with Gasteiger partial charge in [-0.25, -0.2) is 0 Å². The van der Waals surface area contributed by atoms with Gasteiger partial charge in [0.2, 0.25) is 5.89 Å². The molecule has 0 amide bonds. The van der Waals surface area contributed by atoms with Gasteiger partial charge in [0.05, 0.1) is 0 Å². The normalized spacial score (nSPS) is 11.6. The molecule has 2 rings (SSSR count). The first-order valence-electron chi connectivity index (χ1n) is 6.09. The Bertz CT molecular complexity index is 529. The van der Waals surface area contributed by atoms with E-state index in [-0.39, 0.29) is 17.9 Å². The van der Waals surface area contributed by atoms with Crippen molar-refractivity contribution in [3.05, 3.63) is 41.6 Å². The van der Waals surface area contributed by atoms with Crippen LogP contribution in [0, 0.1) is 0 Å². The number of alkyl halides is 1. The van der Waals surface area contributed by atoms with Gasteiger partial charge in [0, 0.05) is 0 Å². The molecular weight excluding hydrogens is 264 g/mol. The monoisotopic (exact) mass is 280 g/mol. The van der Waals surface area contributed by atoms with Gasteiger partial charge >= 0.3 is 0 Å². The van der Waals surface area contributed by atoms with Gasteiger partial charge in [0.25, 0.3) is 5.89 Å². The lowest BCUT2D eigenvalue weighted by Crippen LogP contribution is -2.10.